The fourth-order valence-corrected chi connectivity index (χ4v) is 2.95. The van der Waals surface area contributed by atoms with Gasteiger partial charge in [0.05, 0.1) is 4.88 Å². The van der Waals surface area contributed by atoms with E-state index in [-0.39, 0.29) is 24.1 Å². The molecule has 7 heteroatoms. The van der Waals surface area contributed by atoms with Crippen LogP contribution >= 0.6 is 11.3 Å². The Morgan fingerprint density at radius 1 is 1.09 bits per heavy atom. The fourth-order valence-electron chi connectivity index (χ4n) is 2.31. The van der Waals surface area contributed by atoms with Gasteiger partial charge in [-0.05, 0) is 24.3 Å². The second kappa shape index (κ2) is 8.53. The Hall–Kier alpha value is -1.89. The van der Waals surface area contributed by atoms with Crippen LogP contribution in [0.25, 0.3) is 0 Å². The largest absolute Gasteiger partial charge is 0.356 e. The highest BCUT2D eigenvalue weighted by Crippen LogP contribution is 2.08. The first-order valence-corrected chi connectivity index (χ1v) is 8.41. The Morgan fingerprint density at radius 3 is 2.50 bits per heavy atom. The zero-order valence-electron chi connectivity index (χ0n) is 12.5. The van der Waals surface area contributed by atoms with Gasteiger partial charge in [-0.1, -0.05) is 6.07 Å². The van der Waals surface area contributed by atoms with E-state index in [1.54, 1.807) is 6.07 Å². The van der Waals surface area contributed by atoms with Gasteiger partial charge in [0, 0.05) is 39.0 Å². The van der Waals surface area contributed by atoms with Crippen LogP contribution in [0.15, 0.2) is 17.5 Å². The SMILES string of the molecule is O=C(CCNC(=O)c1cccs1)NCCC(=O)N1CCCC1. The Labute approximate surface area is 133 Å². The summed E-state index contributed by atoms with van der Waals surface area (Å²) in [5.41, 5.74) is 0. The number of hydrogen-bond donors (Lipinski definition) is 2. The van der Waals surface area contributed by atoms with E-state index in [1.165, 1.54) is 11.3 Å². The molecule has 1 aliphatic rings. The van der Waals surface area contributed by atoms with Crippen LogP contribution in [-0.2, 0) is 9.59 Å². The number of carbonyl (C=O) groups excluding carboxylic acids is 3. The minimum absolute atomic E-state index is 0.101. The van der Waals surface area contributed by atoms with Crippen molar-refractivity contribution in [2.45, 2.75) is 25.7 Å². The molecule has 120 valence electrons. The third-order valence-electron chi connectivity index (χ3n) is 3.50. The average Bonchev–Trinajstić information content (AvgIpc) is 3.20. The van der Waals surface area contributed by atoms with Gasteiger partial charge in [-0.25, -0.2) is 0 Å². The van der Waals surface area contributed by atoms with Gasteiger partial charge in [-0.15, -0.1) is 11.3 Å². The highest BCUT2D eigenvalue weighted by atomic mass is 32.1. The molecular weight excluding hydrogens is 302 g/mol. The maximum Gasteiger partial charge on any atom is 0.261 e. The van der Waals surface area contributed by atoms with E-state index in [0.717, 1.165) is 25.9 Å². The Bertz CT molecular complexity index is 510. The van der Waals surface area contributed by atoms with Crippen LogP contribution in [0.3, 0.4) is 0 Å². The normalized spacial score (nSPS) is 13.9. The van der Waals surface area contributed by atoms with Crippen LogP contribution in [0.1, 0.15) is 35.4 Å². The number of hydrogen-bond acceptors (Lipinski definition) is 4. The lowest BCUT2D eigenvalue weighted by atomic mass is 10.3. The van der Waals surface area contributed by atoms with Crippen LogP contribution in [0.5, 0.6) is 0 Å². The number of amides is 3. The van der Waals surface area contributed by atoms with Gasteiger partial charge < -0.3 is 15.5 Å². The lowest BCUT2D eigenvalue weighted by molar-refractivity contribution is -0.130. The maximum absolute atomic E-state index is 11.8. The van der Waals surface area contributed by atoms with Crippen molar-refractivity contribution in [2.75, 3.05) is 26.2 Å². The van der Waals surface area contributed by atoms with Gasteiger partial charge in [0.15, 0.2) is 0 Å². The zero-order valence-corrected chi connectivity index (χ0v) is 13.3. The standard InChI is InChI=1S/C15H21N3O3S/c19-13(5-7-17-15(21)12-4-3-11-22-12)16-8-6-14(20)18-9-1-2-10-18/h3-4,11H,1-2,5-10H2,(H,16,19)(H,17,21). The molecule has 0 saturated carbocycles. The smallest absolute Gasteiger partial charge is 0.261 e. The molecule has 2 heterocycles. The molecule has 0 unspecified atom stereocenters. The first kappa shape index (κ1) is 16.5. The quantitative estimate of drug-likeness (QED) is 0.786. The third kappa shape index (κ3) is 5.14. The van der Waals surface area contributed by atoms with Crippen LogP contribution in [-0.4, -0.2) is 48.8 Å². The number of nitrogens with one attached hydrogen (secondary N) is 2. The van der Waals surface area contributed by atoms with Crippen molar-refractivity contribution in [3.8, 4) is 0 Å². The molecule has 1 fully saturated rings. The van der Waals surface area contributed by atoms with Crippen molar-refractivity contribution in [3.63, 3.8) is 0 Å². The number of thiophene rings is 1. The van der Waals surface area contributed by atoms with Crippen LogP contribution < -0.4 is 10.6 Å². The highest BCUT2D eigenvalue weighted by Gasteiger charge is 2.17. The van der Waals surface area contributed by atoms with Crippen molar-refractivity contribution in [2.24, 2.45) is 0 Å². The molecule has 1 aromatic heterocycles. The molecule has 22 heavy (non-hydrogen) atoms. The predicted molar refractivity (Wildman–Crippen MR) is 84.7 cm³/mol. The van der Waals surface area contributed by atoms with Crippen LogP contribution in [0, 0.1) is 0 Å². The first-order valence-electron chi connectivity index (χ1n) is 7.53. The Kier molecular flexibility index (Phi) is 6.39. The molecule has 6 nitrogen and oxygen atoms in total. The molecule has 2 N–H and O–H groups in total. The van der Waals surface area contributed by atoms with E-state index in [1.807, 2.05) is 16.3 Å². The third-order valence-corrected chi connectivity index (χ3v) is 4.37. The van der Waals surface area contributed by atoms with E-state index >= 15 is 0 Å². The van der Waals surface area contributed by atoms with E-state index in [0.29, 0.717) is 24.4 Å². The van der Waals surface area contributed by atoms with E-state index in [4.69, 9.17) is 0 Å². The minimum Gasteiger partial charge on any atom is -0.356 e. The maximum atomic E-state index is 11.8. The Morgan fingerprint density at radius 2 is 1.82 bits per heavy atom. The zero-order chi connectivity index (χ0) is 15.8. The van der Waals surface area contributed by atoms with Crippen molar-refractivity contribution in [3.05, 3.63) is 22.4 Å². The molecule has 0 aliphatic carbocycles. The monoisotopic (exact) mass is 323 g/mol. The van der Waals surface area contributed by atoms with Gasteiger partial charge in [-0.3, -0.25) is 14.4 Å². The molecule has 0 atom stereocenters. The molecule has 3 amide bonds. The molecule has 0 aromatic carbocycles. The topological polar surface area (TPSA) is 78.5 Å². The van der Waals surface area contributed by atoms with Gasteiger partial charge in [0.25, 0.3) is 5.91 Å². The van der Waals surface area contributed by atoms with Gasteiger partial charge in [0.1, 0.15) is 0 Å². The summed E-state index contributed by atoms with van der Waals surface area (Å²) in [6.07, 6.45) is 2.70. The lowest BCUT2D eigenvalue weighted by Crippen LogP contribution is -2.34. The predicted octanol–water partition coefficient (Wildman–Crippen LogP) is 0.997. The highest BCUT2D eigenvalue weighted by molar-refractivity contribution is 7.12. The summed E-state index contributed by atoms with van der Waals surface area (Å²) >= 11 is 1.36. The molecule has 1 saturated heterocycles. The molecule has 1 aromatic rings. The average molecular weight is 323 g/mol. The van der Waals surface area contributed by atoms with Crippen LogP contribution in [0.4, 0.5) is 0 Å². The summed E-state index contributed by atoms with van der Waals surface area (Å²) in [6.45, 7) is 2.32. The van der Waals surface area contributed by atoms with E-state index in [2.05, 4.69) is 10.6 Å². The number of nitrogens with zero attached hydrogens (tertiary/aromatic N) is 1. The number of rotatable bonds is 7. The Balaban J connectivity index is 1.54. The second-order valence-electron chi connectivity index (χ2n) is 5.17. The minimum atomic E-state index is -0.160. The van der Waals surface area contributed by atoms with Crippen molar-refractivity contribution in [1.82, 2.24) is 15.5 Å². The number of likely N-dealkylation sites (tertiary alicyclic amines) is 1. The molecule has 2 rings (SSSR count). The summed E-state index contributed by atoms with van der Waals surface area (Å²) < 4.78 is 0. The summed E-state index contributed by atoms with van der Waals surface area (Å²) in [5, 5.41) is 7.24. The molecule has 0 bridgehead atoms. The second-order valence-corrected chi connectivity index (χ2v) is 6.12. The molecular formula is C15H21N3O3S. The number of carbonyl (C=O) groups is 3. The summed E-state index contributed by atoms with van der Waals surface area (Å²) in [5.74, 6) is -0.212. The van der Waals surface area contributed by atoms with Crippen molar-refractivity contribution >= 4 is 29.1 Å². The van der Waals surface area contributed by atoms with Crippen molar-refractivity contribution < 1.29 is 14.4 Å². The molecule has 1 aliphatic heterocycles. The van der Waals surface area contributed by atoms with E-state index < -0.39 is 0 Å². The molecule has 0 spiro atoms. The lowest BCUT2D eigenvalue weighted by Gasteiger charge is -2.15. The van der Waals surface area contributed by atoms with Gasteiger partial charge in [-0.2, -0.15) is 0 Å². The fraction of sp³-hybridized carbons (Fsp3) is 0.533. The van der Waals surface area contributed by atoms with Crippen LogP contribution in [0.2, 0.25) is 0 Å². The summed E-state index contributed by atoms with van der Waals surface area (Å²) in [7, 11) is 0. The first-order chi connectivity index (χ1) is 10.7. The van der Waals surface area contributed by atoms with Gasteiger partial charge >= 0.3 is 0 Å². The van der Waals surface area contributed by atoms with Gasteiger partial charge in [0.2, 0.25) is 11.8 Å². The molecule has 0 radical (unpaired) electrons. The van der Waals surface area contributed by atoms with E-state index in [9.17, 15) is 14.4 Å². The summed E-state index contributed by atoms with van der Waals surface area (Å²) in [4.78, 5) is 37.5. The van der Waals surface area contributed by atoms with Crippen molar-refractivity contribution in [1.29, 1.82) is 0 Å². The summed E-state index contributed by atoms with van der Waals surface area (Å²) in [6, 6.07) is 3.55.